The number of rotatable bonds is 5. The minimum atomic E-state index is -5.01. The number of carboxylic acid groups (broad SMARTS) is 1. The first-order chi connectivity index (χ1) is 13.0. The normalized spacial score (nSPS) is 15.4. The number of hydrogen-bond acceptors (Lipinski definition) is 6. The number of nitrogen functional groups attached to an aromatic ring is 1. The molecule has 8 nitrogen and oxygen atoms in total. The molecule has 1 fully saturated rings. The van der Waals surface area contributed by atoms with Crippen molar-refractivity contribution in [3.05, 3.63) is 22.2 Å². The molecule has 1 saturated heterocycles. The molecule has 28 heavy (non-hydrogen) atoms. The predicted molar refractivity (Wildman–Crippen MR) is 93.4 cm³/mol. The SMILES string of the molecule is CCOC(=O)c1cc(OC(F)(F)F)c(CN2CCN(C(=O)O)CC2)c(Cl)c1N. The highest BCUT2D eigenvalue weighted by molar-refractivity contribution is 6.35. The Labute approximate surface area is 163 Å². The second-order valence-electron chi connectivity index (χ2n) is 5.94. The van der Waals surface area contributed by atoms with Gasteiger partial charge in [0.05, 0.1) is 22.9 Å². The fourth-order valence-electron chi connectivity index (χ4n) is 2.75. The summed E-state index contributed by atoms with van der Waals surface area (Å²) in [4.78, 5) is 25.8. The Bertz CT molecular complexity index is 752. The van der Waals surface area contributed by atoms with E-state index in [2.05, 4.69) is 4.74 Å². The van der Waals surface area contributed by atoms with E-state index in [0.29, 0.717) is 0 Å². The minimum Gasteiger partial charge on any atom is -0.465 e. The molecule has 0 aromatic heterocycles. The van der Waals surface area contributed by atoms with Gasteiger partial charge in [-0.25, -0.2) is 9.59 Å². The number of hydrogen-bond donors (Lipinski definition) is 2. The van der Waals surface area contributed by atoms with E-state index in [-0.39, 0.29) is 61.2 Å². The molecule has 1 amide bonds. The topological polar surface area (TPSA) is 105 Å². The molecular formula is C16H19ClF3N3O5. The van der Waals surface area contributed by atoms with Crippen LogP contribution in [-0.4, -0.2) is 66.1 Å². The number of amides is 1. The van der Waals surface area contributed by atoms with Crippen molar-refractivity contribution in [2.45, 2.75) is 19.8 Å². The predicted octanol–water partition coefficient (Wildman–Crippen LogP) is 2.79. The Morgan fingerprint density at radius 1 is 1.29 bits per heavy atom. The highest BCUT2D eigenvalue weighted by Crippen LogP contribution is 2.38. The molecule has 2 rings (SSSR count). The third kappa shape index (κ3) is 5.32. The van der Waals surface area contributed by atoms with Crippen LogP contribution < -0.4 is 10.5 Å². The molecule has 0 radical (unpaired) electrons. The highest BCUT2D eigenvalue weighted by atomic mass is 35.5. The minimum absolute atomic E-state index is 0.000953. The third-order valence-electron chi connectivity index (χ3n) is 4.11. The Balaban J connectivity index is 2.35. The molecule has 0 atom stereocenters. The summed E-state index contributed by atoms with van der Waals surface area (Å²) < 4.78 is 47.4. The van der Waals surface area contributed by atoms with Crippen LogP contribution in [0, 0.1) is 0 Å². The number of ether oxygens (including phenoxy) is 2. The first-order valence-electron chi connectivity index (χ1n) is 8.27. The van der Waals surface area contributed by atoms with Crippen molar-refractivity contribution in [3.8, 4) is 5.75 Å². The second kappa shape index (κ2) is 8.74. The summed E-state index contributed by atoms with van der Waals surface area (Å²) in [6.45, 7) is 2.43. The van der Waals surface area contributed by atoms with Gasteiger partial charge in [0.2, 0.25) is 0 Å². The van der Waals surface area contributed by atoms with E-state index < -0.39 is 24.2 Å². The monoisotopic (exact) mass is 425 g/mol. The van der Waals surface area contributed by atoms with Gasteiger partial charge in [-0.3, -0.25) is 4.90 Å². The zero-order valence-corrected chi connectivity index (χ0v) is 15.6. The Morgan fingerprint density at radius 3 is 2.39 bits per heavy atom. The van der Waals surface area contributed by atoms with Crippen LogP contribution in [0.25, 0.3) is 0 Å². The summed E-state index contributed by atoms with van der Waals surface area (Å²) in [5.41, 5.74) is 5.25. The van der Waals surface area contributed by atoms with Crippen molar-refractivity contribution >= 4 is 29.4 Å². The van der Waals surface area contributed by atoms with E-state index in [0.717, 1.165) is 6.07 Å². The number of anilines is 1. The molecule has 0 bridgehead atoms. The van der Waals surface area contributed by atoms with Gasteiger partial charge >= 0.3 is 18.4 Å². The largest absolute Gasteiger partial charge is 0.573 e. The Hall–Kier alpha value is -2.40. The van der Waals surface area contributed by atoms with Gasteiger partial charge < -0.3 is 25.2 Å². The molecule has 156 valence electrons. The molecule has 1 aromatic rings. The molecule has 12 heteroatoms. The lowest BCUT2D eigenvalue weighted by molar-refractivity contribution is -0.275. The van der Waals surface area contributed by atoms with E-state index in [1.54, 1.807) is 4.90 Å². The van der Waals surface area contributed by atoms with Crippen molar-refractivity contribution in [2.24, 2.45) is 0 Å². The standard InChI is InChI=1S/C16H19ClF3N3O5/c1-2-27-14(24)9-7-11(28-16(18,19)20)10(12(17)13(9)21)8-22-3-5-23(6-4-22)15(25)26/h7H,2-6,8,21H2,1H3,(H,25,26). The molecule has 1 aliphatic rings. The van der Waals surface area contributed by atoms with Gasteiger partial charge in [0, 0.05) is 38.3 Å². The molecule has 1 heterocycles. The summed E-state index contributed by atoms with van der Waals surface area (Å²) >= 11 is 6.16. The highest BCUT2D eigenvalue weighted by Gasteiger charge is 2.34. The van der Waals surface area contributed by atoms with Crippen LogP contribution in [0.1, 0.15) is 22.8 Å². The van der Waals surface area contributed by atoms with E-state index in [1.165, 1.54) is 11.8 Å². The van der Waals surface area contributed by atoms with Crippen LogP contribution in [-0.2, 0) is 11.3 Å². The summed E-state index contributed by atoms with van der Waals surface area (Å²) in [5.74, 6) is -1.58. The van der Waals surface area contributed by atoms with Gasteiger partial charge in [0.25, 0.3) is 0 Å². The van der Waals surface area contributed by atoms with Crippen molar-refractivity contribution in [1.29, 1.82) is 0 Å². The Kier molecular flexibility index (Phi) is 6.83. The summed E-state index contributed by atoms with van der Waals surface area (Å²) in [5, 5.41) is 8.73. The van der Waals surface area contributed by atoms with Gasteiger partial charge in [-0.05, 0) is 13.0 Å². The van der Waals surface area contributed by atoms with Crippen molar-refractivity contribution < 1.29 is 37.3 Å². The van der Waals surface area contributed by atoms with E-state index in [4.69, 9.17) is 27.2 Å². The summed E-state index contributed by atoms with van der Waals surface area (Å²) in [6, 6.07) is 0.857. The number of benzene rings is 1. The lowest BCUT2D eigenvalue weighted by Crippen LogP contribution is -2.47. The number of halogens is 4. The second-order valence-corrected chi connectivity index (χ2v) is 6.32. The fraction of sp³-hybridized carbons (Fsp3) is 0.500. The number of nitrogens with zero attached hydrogens (tertiary/aromatic N) is 2. The van der Waals surface area contributed by atoms with E-state index in [1.807, 2.05) is 0 Å². The van der Waals surface area contributed by atoms with Crippen LogP contribution in [0.15, 0.2) is 6.07 Å². The maximum absolute atomic E-state index is 12.9. The maximum atomic E-state index is 12.9. The molecular weight excluding hydrogens is 407 g/mol. The molecule has 1 aliphatic heterocycles. The van der Waals surface area contributed by atoms with Crippen LogP contribution in [0.2, 0.25) is 5.02 Å². The Morgan fingerprint density at radius 2 is 1.89 bits per heavy atom. The summed E-state index contributed by atoms with van der Waals surface area (Å²) in [6.07, 6.45) is -6.08. The first kappa shape index (κ1) is 21.9. The third-order valence-corrected chi connectivity index (χ3v) is 4.54. The fourth-order valence-corrected chi connectivity index (χ4v) is 3.00. The van der Waals surface area contributed by atoms with E-state index in [9.17, 15) is 22.8 Å². The van der Waals surface area contributed by atoms with Gasteiger partial charge in [-0.2, -0.15) is 0 Å². The average molecular weight is 426 g/mol. The van der Waals surface area contributed by atoms with Crippen molar-refractivity contribution in [3.63, 3.8) is 0 Å². The molecule has 1 aromatic carbocycles. The van der Waals surface area contributed by atoms with Gasteiger partial charge in [0.1, 0.15) is 5.75 Å². The zero-order chi connectivity index (χ0) is 21.1. The average Bonchev–Trinajstić information content (AvgIpc) is 2.60. The van der Waals surface area contributed by atoms with Gasteiger partial charge in [-0.15, -0.1) is 13.2 Å². The quantitative estimate of drug-likeness (QED) is 0.552. The van der Waals surface area contributed by atoms with Crippen molar-refractivity contribution in [2.75, 3.05) is 38.5 Å². The van der Waals surface area contributed by atoms with Crippen LogP contribution >= 0.6 is 11.6 Å². The smallest absolute Gasteiger partial charge is 0.465 e. The molecule has 0 unspecified atom stereocenters. The van der Waals surface area contributed by atoms with Gasteiger partial charge in [-0.1, -0.05) is 11.6 Å². The van der Waals surface area contributed by atoms with Gasteiger partial charge in [0.15, 0.2) is 0 Å². The number of carbonyl (C=O) groups excluding carboxylic acids is 1. The van der Waals surface area contributed by atoms with Crippen molar-refractivity contribution in [1.82, 2.24) is 9.80 Å². The number of piperazine rings is 1. The first-order valence-corrected chi connectivity index (χ1v) is 8.65. The van der Waals surface area contributed by atoms with Crippen LogP contribution in [0.5, 0.6) is 5.75 Å². The zero-order valence-electron chi connectivity index (χ0n) is 14.9. The number of esters is 1. The molecule has 0 aliphatic carbocycles. The van der Waals surface area contributed by atoms with Crippen LogP contribution in [0.4, 0.5) is 23.7 Å². The lowest BCUT2D eigenvalue weighted by Gasteiger charge is -2.33. The summed E-state index contributed by atoms with van der Waals surface area (Å²) in [7, 11) is 0. The molecule has 0 saturated carbocycles. The molecule has 3 N–H and O–H groups in total. The number of nitrogens with two attached hydrogens (primary N) is 1. The van der Waals surface area contributed by atoms with Crippen LogP contribution in [0.3, 0.4) is 0 Å². The molecule has 0 spiro atoms. The number of carbonyl (C=O) groups is 2. The lowest BCUT2D eigenvalue weighted by atomic mass is 10.1. The maximum Gasteiger partial charge on any atom is 0.573 e. The number of alkyl halides is 3. The van der Waals surface area contributed by atoms with E-state index >= 15 is 0 Å².